The fourth-order valence-corrected chi connectivity index (χ4v) is 0.675. The summed E-state index contributed by atoms with van der Waals surface area (Å²) < 4.78 is 0. The van der Waals surface area contributed by atoms with Crippen molar-refractivity contribution in [1.82, 2.24) is 0 Å². The van der Waals surface area contributed by atoms with Gasteiger partial charge in [0.1, 0.15) is 0 Å². The maximum Gasteiger partial charge on any atom is 0.0769 e. The Morgan fingerprint density at radius 2 is 2.44 bits per heavy atom. The molecular weight excluding hydrogens is 136 g/mol. The summed E-state index contributed by atoms with van der Waals surface area (Å²) in [5, 5.41) is 9.47. The molecule has 0 rings (SSSR count). The molecular formula is C7H11ClO. The molecule has 1 nitrogen and oxygen atoms in total. The highest BCUT2D eigenvalue weighted by Crippen LogP contribution is 2.07. The molecule has 0 aromatic heterocycles. The van der Waals surface area contributed by atoms with Gasteiger partial charge in [0, 0.05) is 11.5 Å². The molecule has 1 unspecified atom stereocenters. The Morgan fingerprint density at radius 1 is 1.89 bits per heavy atom. The van der Waals surface area contributed by atoms with E-state index in [2.05, 4.69) is 6.58 Å². The minimum absolute atomic E-state index is 0.436. The highest BCUT2D eigenvalue weighted by molar-refractivity contribution is 6.29. The summed E-state index contributed by atoms with van der Waals surface area (Å²) >= 11 is 5.42. The van der Waals surface area contributed by atoms with E-state index < -0.39 is 6.10 Å². The largest absolute Gasteiger partial charge is 0.389 e. The molecule has 0 aliphatic rings. The first kappa shape index (κ1) is 8.73. The van der Waals surface area contributed by atoms with Crippen LogP contribution in [0.5, 0.6) is 0 Å². The second-order valence-corrected chi connectivity index (χ2v) is 2.35. The molecule has 0 bridgehead atoms. The number of allylic oxidation sites excluding steroid dienone is 1. The Morgan fingerprint density at radius 3 is 2.78 bits per heavy atom. The van der Waals surface area contributed by atoms with Gasteiger partial charge >= 0.3 is 0 Å². The molecule has 9 heavy (non-hydrogen) atoms. The third kappa shape index (κ3) is 5.60. The summed E-state index contributed by atoms with van der Waals surface area (Å²) in [7, 11) is 0. The molecule has 0 radical (unpaired) electrons. The zero-order valence-electron chi connectivity index (χ0n) is 5.47. The van der Waals surface area contributed by atoms with Gasteiger partial charge in [-0.15, -0.1) is 0 Å². The molecule has 52 valence electrons. The van der Waals surface area contributed by atoms with Gasteiger partial charge in [0.2, 0.25) is 0 Å². The van der Waals surface area contributed by atoms with Crippen LogP contribution < -0.4 is 0 Å². The minimum Gasteiger partial charge on any atom is -0.389 e. The van der Waals surface area contributed by atoms with Crippen molar-refractivity contribution < 1.29 is 5.11 Å². The Bertz CT molecular complexity index is 118. The predicted molar refractivity (Wildman–Crippen MR) is 40.4 cm³/mol. The lowest BCUT2D eigenvalue weighted by atomic mass is 10.2. The van der Waals surface area contributed by atoms with Crippen LogP contribution >= 0.6 is 11.6 Å². The van der Waals surface area contributed by atoms with Gasteiger partial charge in [0.25, 0.3) is 0 Å². The summed E-state index contributed by atoms with van der Waals surface area (Å²) in [5.41, 5.74) is 0. The molecule has 0 aromatic carbocycles. The van der Waals surface area contributed by atoms with Crippen LogP contribution in [-0.2, 0) is 0 Å². The lowest BCUT2D eigenvalue weighted by Crippen LogP contribution is -2.00. The maximum atomic E-state index is 8.99. The standard InChI is InChI=1S/C7H11ClO/c1-3-4-7(9)5-6(2)8/h3-4,7,9H,2,5H2,1H3. The van der Waals surface area contributed by atoms with Crippen LogP contribution in [0.15, 0.2) is 23.8 Å². The molecule has 0 saturated carbocycles. The van der Waals surface area contributed by atoms with E-state index in [9.17, 15) is 0 Å². The lowest BCUT2D eigenvalue weighted by Gasteiger charge is -2.00. The fourth-order valence-electron chi connectivity index (χ4n) is 0.517. The molecule has 0 aliphatic heterocycles. The monoisotopic (exact) mass is 146 g/mol. The van der Waals surface area contributed by atoms with Crippen molar-refractivity contribution in [3.8, 4) is 0 Å². The van der Waals surface area contributed by atoms with E-state index in [1.807, 2.05) is 6.92 Å². The molecule has 0 heterocycles. The summed E-state index contributed by atoms with van der Waals surface area (Å²) in [6.07, 6.45) is 3.42. The molecule has 0 aromatic rings. The average Bonchev–Trinajstić information content (AvgIpc) is 1.63. The first-order valence-corrected chi connectivity index (χ1v) is 3.18. The number of rotatable bonds is 3. The van der Waals surface area contributed by atoms with Gasteiger partial charge in [-0.25, -0.2) is 0 Å². The number of aliphatic hydroxyl groups excluding tert-OH is 1. The molecule has 2 heteroatoms. The van der Waals surface area contributed by atoms with E-state index in [0.29, 0.717) is 11.5 Å². The maximum absolute atomic E-state index is 8.99. The average molecular weight is 147 g/mol. The second kappa shape index (κ2) is 4.59. The molecule has 0 fully saturated rings. The van der Waals surface area contributed by atoms with Gasteiger partial charge in [0.15, 0.2) is 0 Å². The first-order valence-electron chi connectivity index (χ1n) is 2.81. The summed E-state index contributed by atoms with van der Waals surface area (Å²) in [6, 6.07) is 0. The molecule has 0 amide bonds. The Balaban J connectivity index is 3.50. The predicted octanol–water partition coefficient (Wildman–Crippen LogP) is 2.07. The summed E-state index contributed by atoms with van der Waals surface area (Å²) in [6.45, 7) is 5.30. The van der Waals surface area contributed by atoms with E-state index in [1.54, 1.807) is 12.2 Å². The van der Waals surface area contributed by atoms with Crippen molar-refractivity contribution in [3.05, 3.63) is 23.8 Å². The van der Waals surface area contributed by atoms with E-state index >= 15 is 0 Å². The SMILES string of the molecule is C=C(Cl)CC(O)C=CC. The number of halogens is 1. The second-order valence-electron chi connectivity index (χ2n) is 1.81. The Hall–Kier alpha value is -0.270. The Kier molecular flexibility index (Phi) is 4.46. The van der Waals surface area contributed by atoms with Gasteiger partial charge in [-0.2, -0.15) is 0 Å². The van der Waals surface area contributed by atoms with Crippen LogP contribution in [0.2, 0.25) is 0 Å². The van der Waals surface area contributed by atoms with Crippen LogP contribution in [0.4, 0.5) is 0 Å². The third-order valence-electron chi connectivity index (χ3n) is 0.845. The van der Waals surface area contributed by atoms with Crippen LogP contribution in [-0.4, -0.2) is 11.2 Å². The number of hydrogen-bond acceptors (Lipinski definition) is 1. The third-order valence-corrected chi connectivity index (χ3v) is 1.000. The zero-order chi connectivity index (χ0) is 7.28. The lowest BCUT2D eigenvalue weighted by molar-refractivity contribution is 0.226. The molecule has 0 aliphatic carbocycles. The fraction of sp³-hybridized carbons (Fsp3) is 0.429. The van der Waals surface area contributed by atoms with E-state index in [1.165, 1.54) is 0 Å². The van der Waals surface area contributed by atoms with Crippen molar-refractivity contribution in [2.75, 3.05) is 0 Å². The smallest absolute Gasteiger partial charge is 0.0769 e. The minimum atomic E-state index is -0.472. The van der Waals surface area contributed by atoms with E-state index in [4.69, 9.17) is 16.7 Å². The summed E-state index contributed by atoms with van der Waals surface area (Å²) in [5.74, 6) is 0. The van der Waals surface area contributed by atoms with Crippen LogP contribution in [0, 0.1) is 0 Å². The topological polar surface area (TPSA) is 20.2 Å². The normalized spacial score (nSPS) is 14.1. The van der Waals surface area contributed by atoms with Gasteiger partial charge < -0.3 is 5.11 Å². The van der Waals surface area contributed by atoms with Crippen molar-refractivity contribution in [2.24, 2.45) is 0 Å². The quantitative estimate of drug-likeness (QED) is 0.605. The molecule has 0 spiro atoms. The van der Waals surface area contributed by atoms with Crippen LogP contribution in [0.25, 0.3) is 0 Å². The zero-order valence-corrected chi connectivity index (χ0v) is 6.23. The van der Waals surface area contributed by atoms with Crippen molar-refractivity contribution in [3.63, 3.8) is 0 Å². The van der Waals surface area contributed by atoms with Crippen molar-refractivity contribution in [1.29, 1.82) is 0 Å². The van der Waals surface area contributed by atoms with Crippen molar-refractivity contribution in [2.45, 2.75) is 19.4 Å². The number of aliphatic hydroxyl groups is 1. The first-order chi connectivity index (χ1) is 4.16. The van der Waals surface area contributed by atoms with E-state index in [-0.39, 0.29) is 0 Å². The van der Waals surface area contributed by atoms with Gasteiger partial charge in [0.05, 0.1) is 6.10 Å². The van der Waals surface area contributed by atoms with Gasteiger partial charge in [-0.3, -0.25) is 0 Å². The molecule has 0 saturated heterocycles. The van der Waals surface area contributed by atoms with Gasteiger partial charge in [-0.1, -0.05) is 30.3 Å². The molecule has 1 N–H and O–H groups in total. The van der Waals surface area contributed by atoms with Crippen LogP contribution in [0.1, 0.15) is 13.3 Å². The highest BCUT2D eigenvalue weighted by Gasteiger charge is 1.97. The van der Waals surface area contributed by atoms with Crippen LogP contribution in [0.3, 0.4) is 0 Å². The van der Waals surface area contributed by atoms with Gasteiger partial charge in [-0.05, 0) is 6.92 Å². The number of hydrogen-bond donors (Lipinski definition) is 1. The van der Waals surface area contributed by atoms with E-state index in [0.717, 1.165) is 0 Å². The summed E-state index contributed by atoms with van der Waals surface area (Å²) in [4.78, 5) is 0. The van der Waals surface area contributed by atoms with Crippen molar-refractivity contribution >= 4 is 11.6 Å². The highest BCUT2D eigenvalue weighted by atomic mass is 35.5. The Labute approximate surface area is 60.6 Å². The molecule has 1 atom stereocenters.